The summed E-state index contributed by atoms with van der Waals surface area (Å²) in [6.45, 7) is 6.96. The number of aryl methyl sites for hydroxylation is 1. The van der Waals surface area contributed by atoms with Crippen LogP contribution in [0, 0.1) is 12.8 Å². The summed E-state index contributed by atoms with van der Waals surface area (Å²) in [5.41, 5.74) is 3.35. The van der Waals surface area contributed by atoms with Crippen LogP contribution in [0.3, 0.4) is 0 Å². The van der Waals surface area contributed by atoms with Gasteiger partial charge in [-0.2, -0.15) is 13.2 Å². The van der Waals surface area contributed by atoms with Gasteiger partial charge in [-0.15, -0.1) is 0 Å². The lowest BCUT2D eigenvalue weighted by molar-refractivity contribution is -0.137. The van der Waals surface area contributed by atoms with Crippen LogP contribution < -0.4 is 0 Å². The zero-order valence-electron chi connectivity index (χ0n) is 19.4. The van der Waals surface area contributed by atoms with Gasteiger partial charge >= 0.3 is 12.1 Å². The van der Waals surface area contributed by atoms with Crippen molar-refractivity contribution in [3.63, 3.8) is 0 Å². The Hall–Kier alpha value is -2.60. The summed E-state index contributed by atoms with van der Waals surface area (Å²) < 4.78 is 39.4. The second-order valence-electron chi connectivity index (χ2n) is 9.37. The molecule has 2 atom stereocenters. The number of benzene rings is 2. The van der Waals surface area contributed by atoms with Crippen LogP contribution in [0.25, 0.3) is 0 Å². The Morgan fingerprint density at radius 2 is 1.73 bits per heavy atom. The molecule has 0 aromatic heterocycles. The van der Waals surface area contributed by atoms with E-state index in [1.54, 1.807) is 12.1 Å². The summed E-state index contributed by atoms with van der Waals surface area (Å²) in [5.74, 6) is -0.479. The third-order valence-electron chi connectivity index (χ3n) is 6.38. The zero-order chi connectivity index (χ0) is 24.2. The van der Waals surface area contributed by atoms with E-state index in [9.17, 15) is 23.1 Å². The number of carboxylic acid groups (broad SMARTS) is 1. The Balaban J connectivity index is 1.99. The highest BCUT2D eigenvalue weighted by molar-refractivity contribution is 5.80. The predicted octanol–water partition coefficient (Wildman–Crippen LogP) is 7.34. The molecule has 0 spiro atoms. The van der Waals surface area contributed by atoms with Crippen LogP contribution in [0.1, 0.15) is 73.9 Å². The largest absolute Gasteiger partial charge is 0.478 e. The molecule has 0 saturated carbocycles. The SMILES string of the molecule is Cc1ccc([C@@H]2C/C(=C\C(=O)O)CCN2[C@H](CCC(C)C)c2ccc(C(F)(F)F)cc2)cc1. The molecule has 0 bridgehead atoms. The van der Waals surface area contributed by atoms with Gasteiger partial charge in [-0.3, -0.25) is 4.90 Å². The highest BCUT2D eigenvalue weighted by Crippen LogP contribution is 2.42. The predicted molar refractivity (Wildman–Crippen MR) is 124 cm³/mol. The van der Waals surface area contributed by atoms with Gasteiger partial charge in [-0.25, -0.2) is 4.79 Å². The Kier molecular flexibility index (Phi) is 8.01. The number of halogens is 3. The molecule has 0 amide bonds. The Morgan fingerprint density at radius 3 is 2.27 bits per heavy atom. The summed E-state index contributed by atoms with van der Waals surface area (Å²) >= 11 is 0. The Morgan fingerprint density at radius 1 is 1.09 bits per heavy atom. The highest BCUT2D eigenvalue weighted by Gasteiger charge is 2.34. The number of hydrogen-bond donors (Lipinski definition) is 1. The third-order valence-corrected chi connectivity index (χ3v) is 6.38. The van der Waals surface area contributed by atoms with E-state index in [0.717, 1.165) is 47.2 Å². The minimum Gasteiger partial charge on any atom is -0.478 e. The first kappa shape index (κ1) is 25.0. The highest BCUT2D eigenvalue weighted by atomic mass is 19.4. The first-order chi connectivity index (χ1) is 15.5. The van der Waals surface area contributed by atoms with Crippen LogP contribution in [0.2, 0.25) is 0 Å². The number of carbonyl (C=O) groups is 1. The molecule has 1 aliphatic heterocycles. The van der Waals surface area contributed by atoms with E-state index in [-0.39, 0.29) is 12.1 Å². The van der Waals surface area contributed by atoms with Crippen molar-refractivity contribution in [1.29, 1.82) is 0 Å². The molecule has 3 nitrogen and oxygen atoms in total. The number of likely N-dealkylation sites (tertiary alicyclic amines) is 1. The van der Waals surface area contributed by atoms with Crippen molar-refractivity contribution in [2.75, 3.05) is 6.54 Å². The Bertz CT molecular complexity index is 962. The van der Waals surface area contributed by atoms with Crippen molar-refractivity contribution in [2.24, 2.45) is 5.92 Å². The van der Waals surface area contributed by atoms with E-state index >= 15 is 0 Å². The second kappa shape index (κ2) is 10.6. The summed E-state index contributed by atoms with van der Waals surface area (Å²) in [7, 11) is 0. The van der Waals surface area contributed by atoms with E-state index in [4.69, 9.17) is 0 Å². The van der Waals surface area contributed by atoms with Gasteiger partial charge in [0.05, 0.1) is 5.56 Å². The molecule has 178 valence electrons. The molecular weight excluding hydrogens is 427 g/mol. The number of hydrogen-bond acceptors (Lipinski definition) is 2. The number of aliphatic carboxylic acids is 1. The normalized spacial score (nSPS) is 19.7. The zero-order valence-corrected chi connectivity index (χ0v) is 19.4. The van der Waals surface area contributed by atoms with E-state index in [2.05, 4.69) is 30.9 Å². The number of carboxylic acids is 1. The van der Waals surface area contributed by atoms with Gasteiger partial charge in [-0.05, 0) is 61.8 Å². The summed E-state index contributed by atoms with van der Waals surface area (Å²) in [6, 6.07) is 13.7. The van der Waals surface area contributed by atoms with E-state index in [1.165, 1.54) is 6.08 Å². The van der Waals surface area contributed by atoms with Gasteiger partial charge in [0.25, 0.3) is 0 Å². The maximum atomic E-state index is 13.1. The van der Waals surface area contributed by atoms with Crippen molar-refractivity contribution < 1.29 is 23.1 Å². The number of alkyl halides is 3. The number of nitrogens with zero attached hydrogens (tertiary/aromatic N) is 1. The van der Waals surface area contributed by atoms with Crippen molar-refractivity contribution in [3.05, 3.63) is 82.4 Å². The van der Waals surface area contributed by atoms with Crippen LogP contribution >= 0.6 is 0 Å². The van der Waals surface area contributed by atoms with Crippen molar-refractivity contribution >= 4 is 5.97 Å². The van der Waals surface area contributed by atoms with Crippen LogP contribution in [0.5, 0.6) is 0 Å². The fourth-order valence-electron chi connectivity index (χ4n) is 4.58. The van der Waals surface area contributed by atoms with Gasteiger partial charge in [0.15, 0.2) is 0 Å². The lowest BCUT2D eigenvalue weighted by Gasteiger charge is -2.43. The fraction of sp³-hybridized carbons (Fsp3) is 0.444. The molecule has 3 rings (SSSR count). The molecule has 1 fully saturated rings. The quantitative estimate of drug-likeness (QED) is 0.441. The number of piperidine rings is 1. The maximum absolute atomic E-state index is 13.1. The molecule has 2 aromatic rings. The number of rotatable bonds is 7. The van der Waals surface area contributed by atoms with E-state index < -0.39 is 17.7 Å². The molecule has 2 aromatic carbocycles. The molecule has 33 heavy (non-hydrogen) atoms. The summed E-state index contributed by atoms with van der Waals surface area (Å²) in [5, 5.41) is 9.27. The van der Waals surface area contributed by atoms with Crippen LogP contribution in [-0.2, 0) is 11.0 Å². The van der Waals surface area contributed by atoms with Gasteiger partial charge in [-0.1, -0.05) is 61.4 Å². The smallest absolute Gasteiger partial charge is 0.416 e. The molecule has 1 N–H and O–H groups in total. The molecule has 0 aliphatic carbocycles. The van der Waals surface area contributed by atoms with Crippen LogP contribution in [0.4, 0.5) is 13.2 Å². The van der Waals surface area contributed by atoms with E-state index in [0.29, 0.717) is 25.3 Å². The second-order valence-corrected chi connectivity index (χ2v) is 9.37. The topological polar surface area (TPSA) is 40.5 Å². The lowest BCUT2D eigenvalue weighted by Crippen LogP contribution is -2.38. The monoisotopic (exact) mass is 459 g/mol. The van der Waals surface area contributed by atoms with Gasteiger partial charge in [0, 0.05) is 24.7 Å². The fourth-order valence-corrected chi connectivity index (χ4v) is 4.58. The maximum Gasteiger partial charge on any atom is 0.416 e. The van der Waals surface area contributed by atoms with Gasteiger partial charge < -0.3 is 5.11 Å². The van der Waals surface area contributed by atoms with Gasteiger partial charge in [0.1, 0.15) is 0 Å². The van der Waals surface area contributed by atoms with Crippen molar-refractivity contribution in [3.8, 4) is 0 Å². The average molecular weight is 460 g/mol. The molecule has 1 heterocycles. The first-order valence-electron chi connectivity index (χ1n) is 11.5. The average Bonchev–Trinajstić information content (AvgIpc) is 2.74. The molecule has 6 heteroatoms. The van der Waals surface area contributed by atoms with Crippen LogP contribution in [0.15, 0.2) is 60.2 Å². The molecule has 0 radical (unpaired) electrons. The minimum atomic E-state index is -4.36. The Labute approximate surface area is 193 Å². The first-order valence-corrected chi connectivity index (χ1v) is 11.5. The van der Waals surface area contributed by atoms with Crippen molar-refractivity contribution in [2.45, 2.75) is 64.7 Å². The standard InChI is InChI=1S/C27H32F3NO2/c1-18(2)4-13-24(21-9-11-23(12-10-21)27(28,29)30)31-15-14-20(17-26(32)33)16-25(31)22-7-5-19(3)6-8-22/h5-12,17-18,24-25H,4,13-16H2,1-3H3,(H,32,33)/b20-17-/t24-,25+/m1/s1. The molecule has 1 aliphatic rings. The lowest BCUT2D eigenvalue weighted by atomic mass is 9.86. The molecular formula is C27H32F3NO2. The minimum absolute atomic E-state index is 0.0376. The summed E-state index contributed by atoms with van der Waals surface area (Å²) in [6.07, 6.45) is -0.0660. The summed E-state index contributed by atoms with van der Waals surface area (Å²) in [4.78, 5) is 13.7. The van der Waals surface area contributed by atoms with Gasteiger partial charge in [0.2, 0.25) is 0 Å². The third kappa shape index (κ3) is 6.70. The van der Waals surface area contributed by atoms with Crippen LogP contribution in [-0.4, -0.2) is 22.5 Å². The van der Waals surface area contributed by atoms with Crippen molar-refractivity contribution in [1.82, 2.24) is 4.90 Å². The van der Waals surface area contributed by atoms with E-state index in [1.807, 2.05) is 19.1 Å². The molecule has 0 unspecified atom stereocenters. The molecule has 1 saturated heterocycles.